The lowest BCUT2D eigenvalue weighted by Crippen LogP contribution is -2.35. The number of rotatable bonds is 2. The van der Waals surface area contributed by atoms with Crippen molar-refractivity contribution in [3.63, 3.8) is 0 Å². The highest BCUT2D eigenvalue weighted by atomic mass is 16.7. The van der Waals surface area contributed by atoms with Crippen LogP contribution >= 0.6 is 0 Å². The minimum atomic E-state index is 0.146. The number of ether oxygens (including phenoxy) is 2. The number of piperidine rings is 1. The summed E-state index contributed by atoms with van der Waals surface area (Å²) in [5.41, 5.74) is 1.69. The van der Waals surface area contributed by atoms with Crippen molar-refractivity contribution in [2.75, 3.05) is 18.2 Å². The van der Waals surface area contributed by atoms with Gasteiger partial charge in [-0.1, -0.05) is 0 Å². The summed E-state index contributed by atoms with van der Waals surface area (Å²) in [4.78, 5) is 14.1. The molecule has 0 saturated carbocycles. The number of hydrogen-bond donors (Lipinski definition) is 0. The first kappa shape index (κ1) is 12.3. The summed E-state index contributed by atoms with van der Waals surface area (Å²) in [6.07, 6.45) is 4.18. The quantitative estimate of drug-likeness (QED) is 0.850. The number of fused-ring (bicyclic) bond motifs is 1. The molecule has 2 aliphatic rings. The third-order valence-corrected chi connectivity index (χ3v) is 3.89. The fourth-order valence-electron chi connectivity index (χ4n) is 2.84. The largest absolute Gasteiger partial charge is 0.464 e. The van der Waals surface area contributed by atoms with Crippen LogP contribution in [0.4, 0.5) is 5.69 Å². The molecule has 0 atom stereocenters. The number of hydrogen-bond acceptors (Lipinski definition) is 4. The summed E-state index contributed by atoms with van der Waals surface area (Å²) in [7, 11) is 0. The van der Waals surface area contributed by atoms with Crippen molar-refractivity contribution in [3.8, 4) is 22.8 Å². The highest BCUT2D eigenvalue weighted by molar-refractivity contribution is 5.98. The van der Waals surface area contributed by atoms with E-state index in [2.05, 4.69) is 0 Å². The second-order valence-corrected chi connectivity index (χ2v) is 5.20. The first-order valence-electron chi connectivity index (χ1n) is 7.11. The monoisotopic (exact) mass is 285 g/mol. The van der Waals surface area contributed by atoms with Crippen LogP contribution in [-0.4, -0.2) is 19.2 Å². The molecule has 5 heteroatoms. The van der Waals surface area contributed by atoms with Crippen molar-refractivity contribution in [1.82, 2.24) is 0 Å². The zero-order chi connectivity index (χ0) is 14.2. The van der Waals surface area contributed by atoms with Crippen LogP contribution in [0, 0.1) is 0 Å². The van der Waals surface area contributed by atoms with E-state index in [0.29, 0.717) is 17.9 Å². The molecule has 2 aromatic rings. The van der Waals surface area contributed by atoms with Crippen LogP contribution in [0.2, 0.25) is 0 Å². The smallest absolute Gasteiger partial charge is 0.231 e. The van der Waals surface area contributed by atoms with Gasteiger partial charge in [0.25, 0.3) is 0 Å². The van der Waals surface area contributed by atoms with Crippen LogP contribution in [0.1, 0.15) is 19.3 Å². The Bertz CT molecular complexity index is 678. The molecular formula is C16H15NO4. The van der Waals surface area contributed by atoms with E-state index in [1.54, 1.807) is 6.26 Å². The highest BCUT2D eigenvalue weighted by Gasteiger charge is 2.27. The predicted octanol–water partition coefficient (Wildman–Crippen LogP) is 3.19. The second-order valence-electron chi connectivity index (χ2n) is 5.20. The first-order valence-corrected chi connectivity index (χ1v) is 7.11. The summed E-state index contributed by atoms with van der Waals surface area (Å²) in [5.74, 6) is 2.24. The van der Waals surface area contributed by atoms with Crippen molar-refractivity contribution in [1.29, 1.82) is 0 Å². The number of carbonyl (C=O) groups is 1. The molecule has 3 heterocycles. The van der Waals surface area contributed by atoms with Crippen LogP contribution in [-0.2, 0) is 4.79 Å². The van der Waals surface area contributed by atoms with Gasteiger partial charge in [-0.25, -0.2) is 0 Å². The predicted molar refractivity (Wildman–Crippen MR) is 76.5 cm³/mol. The van der Waals surface area contributed by atoms with Gasteiger partial charge in [0.05, 0.1) is 12.0 Å². The lowest BCUT2D eigenvalue weighted by Gasteiger charge is -2.28. The van der Waals surface area contributed by atoms with Crippen LogP contribution in [0.15, 0.2) is 34.9 Å². The van der Waals surface area contributed by atoms with E-state index in [4.69, 9.17) is 13.9 Å². The molecule has 1 fully saturated rings. The molecule has 0 aliphatic carbocycles. The molecule has 1 aromatic heterocycles. The van der Waals surface area contributed by atoms with E-state index < -0.39 is 0 Å². The lowest BCUT2D eigenvalue weighted by atomic mass is 10.0. The van der Waals surface area contributed by atoms with Crippen LogP contribution in [0.25, 0.3) is 11.3 Å². The van der Waals surface area contributed by atoms with E-state index in [9.17, 15) is 4.79 Å². The third kappa shape index (κ3) is 2.05. The maximum absolute atomic E-state index is 12.2. The number of carbonyl (C=O) groups excluding carboxylic acids is 1. The van der Waals surface area contributed by atoms with E-state index in [1.807, 2.05) is 29.2 Å². The standard InChI is InChI=1S/C16H15NO4/c18-16-5-1-2-6-17(16)12-9-15-14(20-10-21-15)8-11(12)13-4-3-7-19-13/h3-4,7-9H,1-2,5-6,10H2. The van der Waals surface area contributed by atoms with Gasteiger partial charge in [-0.2, -0.15) is 0 Å². The van der Waals surface area contributed by atoms with Gasteiger partial charge in [0, 0.05) is 24.6 Å². The van der Waals surface area contributed by atoms with Gasteiger partial charge in [-0.05, 0) is 31.0 Å². The summed E-state index contributed by atoms with van der Waals surface area (Å²) in [5, 5.41) is 0. The van der Waals surface area contributed by atoms with Gasteiger partial charge >= 0.3 is 0 Å². The van der Waals surface area contributed by atoms with Gasteiger partial charge in [-0.15, -0.1) is 0 Å². The zero-order valence-corrected chi connectivity index (χ0v) is 11.5. The van der Waals surface area contributed by atoms with Crippen LogP contribution in [0.5, 0.6) is 11.5 Å². The molecule has 21 heavy (non-hydrogen) atoms. The molecule has 1 saturated heterocycles. The highest BCUT2D eigenvalue weighted by Crippen LogP contribution is 2.43. The van der Waals surface area contributed by atoms with E-state index in [0.717, 1.165) is 36.4 Å². The van der Waals surface area contributed by atoms with Crippen LogP contribution in [0.3, 0.4) is 0 Å². The molecule has 0 spiro atoms. The first-order chi connectivity index (χ1) is 10.3. The molecule has 5 nitrogen and oxygen atoms in total. The van der Waals surface area contributed by atoms with Crippen molar-refractivity contribution in [2.24, 2.45) is 0 Å². The zero-order valence-electron chi connectivity index (χ0n) is 11.5. The van der Waals surface area contributed by atoms with Gasteiger partial charge in [0.1, 0.15) is 5.76 Å². The average molecular weight is 285 g/mol. The summed E-state index contributed by atoms with van der Waals surface area (Å²) in [6.45, 7) is 0.941. The Morgan fingerprint density at radius 1 is 1.10 bits per heavy atom. The summed E-state index contributed by atoms with van der Waals surface area (Å²) in [6, 6.07) is 7.49. The van der Waals surface area contributed by atoms with E-state index in [-0.39, 0.29) is 12.7 Å². The Balaban J connectivity index is 1.86. The van der Waals surface area contributed by atoms with Crippen molar-refractivity contribution < 1.29 is 18.7 Å². The maximum Gasteiger partial charge on any atom is 0.231 e. The lowest BCUT2D eigenvalue weighted by molar-refractivity contribution is -0.119. The molecule has 1 amide bonds. The van der Waals surface area contributed by atoms with Gasteiger partial charge in [0.2, 0.25) is 12.7 Å². The van der Waals surface area contributed by atoms with Gasteiger partial charge in [-0.3, -0.25) is 4.79 Å². The average Bonchev–Trinajstić information content (AvgIpc) is 3.17. The molecule has 2 aliphatic heterocycles. The Kier molecular flexibility index (Phi) is 2.84. The number of furan rings is 1. The van der Waals surface area contributed by atoms with Gasteiger partial charge < -0.3 is 18.8 Å². The number of anilines is 1. The normalized spacial score (nSPS) is 17.3. The third-order valence-electron chi connectivity index (χ3n) is 3.89. The fraction of sp³-hybridized carbons (Fsp3) is 0.312. The Hall–Kier alpha value is -2.43. The molecule has 0 unspecified atom stereocenters. The molecule has 0 N–H and O–H groups in total. The van der Waals surface area contributed by atoms with E-state index in [1.165, 1.54) is 0 Å². The van der Waals surface area contributed by atoms with Crippen molar-refractivity contribution in [2.45, 2.75) is 19.3 Å². The number of benzene rings is 1. The molecule has 4 rings (SSSR count). The van der Waals surface area contributed by atoms with Gasteiger partial charge in [0.15, 0.2) is 11.5 Å². The Morgan fingerprint density at radius 3 is 2.71 bits per heavy atom. The molecule has 0 radical (unpaired) electrons. The van der Waals surface area contributed by atoms with Crippen molar-refractivity contribution in [3.05, 3.63) is 30.5 Å². The van der Waals surface area contributed by atoms with E-state index >= 15 is 0 Å². The number of amides is 1. The maximum atomic E-state index is 12.2. The Labute approximate surface area is 122 Å². The summed E-state index contributed by atoms with van der Waals surface area (Å²) >= 11 is 0. The number of nitrogens with zero attached hydrogens (tertiary/aromatic N) is 1. The minimum absolute atomic E-state index is 0.146. The van der Waals surface area contributed by atoms with Crippen LogP contribution < -0.4 is 14.4 Å². The van der Waals surface area contributed by atoms with Crippen molar-refractivity contribution >= 4 is 11.6 Å². The summed E-state index contributed by atoms with van der Waals surface area (Å²) < 4.78 is 16.4. The second kappa shape index (κ2) is 4.84. The SMILES string of the molecule is O=C1CCCCN1c1cc2c(cc1-c1ccco1)OCO2. The fourth-order valence-corrected chi connectivity index (χ4v) is 2.84. The minimum Gasteiger partial charge on any atom is -0.464 e. The molecular weight excluding hydrogens is 270 g/mol. The topological polar surface area (TPSA) is 51.9 Å². The molecule has 108 valence electrons. The molecule has 1 aromatic carbocycles. The molecule has 0 bridgehead atoms. The Morgan fingerprint density at radius 2 is 1.95 bits per heavy atom.